The van der Waals surface area contributed by atoms with Crippen LogP contribution in [-0.2, 0) is 6.61 Å². The number of benzene rings is 1. The van der Waals surface area contributed by atoms with Gasteiger partial charge in [0.25, 0.3) is 0 Å². The number of nitrogens with zero attached hydrogens (tertiary/aromatic N) is 2. The number of pyridine rings is 1. The summed E-state index contributed by atoms with van der Waals surface area (Å²) in [5.74, 6) is 1.26. The second-order valence-electron chi connectivity index (χ2n) is 4.30. The normalized spacial score (nSPS) is 10.8. The molecule has 0 saturated heterocycles. The van der Waals surface area contributed by atoms with E-state index in [1.807, 2.05) is 31.2 Å². The third-order valence-electron chi connectivity index (χ3n) is 2.70. The molecule has 96 valence electrons. The minimum absolute atomic E-state index is 0.263. The summed E-state index contributed by atoms with van der Waals surface area (Å²) in [5, 5.41) is 0. The van der Waals surface area contributed by atoms with E-state index in [0.29, 0.717) is 22.8 Å². The van der Waals surface area contributed by atoms with Gasteiger partial charge in [0, 0.05) is 0 Å². The maximum Gasteiger partial charge on any atom is 0.247 e. The molecule has 5 heteroatoms. The fourth-order valence-electron chi connectivity index (χ4n) is 1.72. The Hall–Kier alpha value is -2.56. The number of nitrogens with two attached hydrogens (primary N) is 1. The largest absolute Gasteiger partial charge is 0.484 e. The van der Waals surface area contributed by atoms with Gasteiger partial charge in [-0.15, -0.1) is 0 Å². The lowest BCUT2D eigenvalue weighted by Gasteiger charge is -2.02. The maximum absolute atomic E-state index is 5.64. The van der Waals surface area contributed by atoms with Gasteiger partial charge in [-0.1, -0.05) is 17.7 Å². The minimum atomic E-state index is 0.263. The zero-order chi connectivity index (χ0) is 13.2. The molecule has 0 saturated carbocycles. The van der Waals surface area contributed by atoms with E-state index in [1.54, 1.807) is 6.07 Å². The second kappa shape index (κ2) is 4.61. The van der Waals surface area contributed by atoms with E-state index in [-0.39, 0.29) is 6.61 Å². The number of rotatable bonds is 3. The molecular weight excluding hydrogens is 242 g/mol. The molecule has 0 aliphatic heterocycles. The fourth-order valence-corrected chi connectivity index (χ4v) is 1.72. The zero-order valence-electron chi connectivity index (χ0n) is 10.5. The maximum atomic E-state index is 5.64. The molecule has 5 nitrogen and oxygen atoms in total. The highest BCUT2D eigenvalue weighted by Gasteiger charge is 2.07. The first-order chi connectivity index (χ1) is 9.20. The summed E-state index contributed by atoms with van der Waals surface area (Å²) in [6, 6.07) is 9.52. The van der Waals surface area contributed by atoms with Crippen LogP contribution >= 0.6 is 0 Å². The Morgan fingerprint density at radius 1 is 1.26 bits per heavy atom. The van der Waals surface area contributed by atoms with Crippen molar-refractivity contribution < 1.29 is 9.15 Å². The molecule has 0 aliphatic rings. The van der Waals surface area contributed by atoms with Crippen LogP contribution in [0.4, 0.5) is 5.69 Å². The van der Waals surface area contributed by atoms with Crippen LogP contribution in [0.25, 0.3) is 11.2 Å². The van der Waals surface area contributed by atoms with Gasteiger partial charge in [-0.25, -0.2) is 9.97 Å². The minimum Gasteiger partial charge on any atom is -0.484 e. The molecule has 0 atom stereocenters. The molecule has 0 bridgehead atoms. The lowest BCUT2D eigenvalue weighted by Crippen LogP contribution is -1.95. The predicted molar refractivity (Wildman–Crippen MR) is 71.7 cm³/mol. The first-order valence-electron chi connectivity index (χ1n) is 5.91. The van der Waals surface area contributed by atoms with E-state index in [2.05, 4.69) is 9.97 Å². The highest BCUT2D eigenvalue weighted by atomic mass is 16.5. The molecule has 2 heterocycles. The van der Waals surface area contributed by atoms with Crippen LogP contribution in [0.1, 0.15) is 11.5 Å². The summed E-state index contributed by atoms with van der Waals surface area (Å²) < 4.78 is 11.1. The number of fused-ring (bicyclic) bond motifs is 1. The lowest BCUT2D eigenvalue weighted by atomic mass is 10.2. The van der Waals surface area contributed by atoms with Crippen molar-refractivity contribution in [3.8, 4) is 5.75 Å². The third kappa shape index (κ3) is 2.49. The van der Waals surface area contributed by atoms with Crippen LogP contribution < -0.4 is 10.5 Å². The average Bonchev–Trinajstić information content (AvgIpc) is 2.80. The molecular formula is C14H13N3O2. The van der Waals surface area contributed by atoms with E-state index in [9.17, 15) is 0 Å². The molecule has 2 N–H and O–H groups in total. The SMILES string of the molecule is Cc1ccc(OCc2nc3cc(N)cnc3o2)cc1. The summed E-state index contributed by atoms with van der Waals surface area (Å²) in [7, 11) is 0. The summed E-state index contributed by atoms with van der Waals surface area (Å²) >= 11 is 0. The molecule has 0 amide bonds. The molecule has 3 rings (SSSR count). The highest BCUT2D eigenvalue weighted by molar-refractivity contribution is 5.71. The average molecular weight is 255 g/mol. The molecule has 2 aromatic heterocycles. The lowest BCUT2D eigenvalue weighted by molar-refractivity contribution is 0.266. The van der Waals surface area contributed by atoms with E-state index in [0.717, 1.165) is 5.75 Å². The summed E-state index contributed by atoms with van der Waals surface area (Å²) in [4.78, 5) is 8.33. The number of hydrogen-bond donors (Lipinski definition) is 1. The van der Waals surface area contributed by atoms with Crippen molar-refractivity contribution in [2.24, 2.45) is 0 Å². The van der Waals surface area contributed by atoms with Gasteiger partial charge in [0.15, 0.2) is 6.61 Å². The third-order valence-corrected chi connectivity index (χ3v) is 2.70. The number of oxazole rings is 1. The van der Waals surface area contributed by atoms with Crippen LogP contribution in [0.2, 0.25) is 0 Å². The van der Waals surface area contributed by atoms with Gasteiger partial charge in [-0.05, 0) is 25.1 Å². The van der Waals surface area contributed by atoms with Crippen molar-refractivity contribution in [2.75, 3.05) is 5.73 Å². The summed E-state index contributed by atoms with van der Waals surface area (Å²) in [6.07, 6.45) is 1.54. The number of aryl methyl sites for hydroxylation is 1. The number of anilines is 1. The number of hydrogen-bond acceptors (Lipinski definition) is 5. The standard InChI is InChI=1S/C14H13N3O2/c1-9-2-4-11(5-3-9)18-8-13-17-12-6-10(15)7-16-14(12)19-13/h2-7H,8,15H2,1H3. The predicted octanol–water partition coefficient (Wildman–Crippen LogP) is 2.69. The Morgan fingerprint density at radius 2 is 2.05 bits per heavy atom. The van der Waals surface area contributed by atoms with E-state index >= 15 is 0 Å². The number of aromatic nitrogens is 2. The van der Waals surface area contributed by atoms with Crippen molar-refractivity contribution in [1.82, 2.24) is 9.97 Å². The Kier molecular flexibility index (Phi) is 2.79. The summed E-state index contributed by atoms with van der Waals surface area (Å²) in [5.41, 5.74) is 8.50. The van der Waals surface area contributed by atoms with Crippen molar-refractivity contribution in [1.29, 1.82) is 0 Å². The first kappa shape index (κ1) is 11.5. The molecule has 1 aromatic carbocycles. The molecule has 0 unspecified atom stereocenters. The second-order valence-corrected chi connectivity index (χ2v) is 4.30. The quantitative estimate of drug-likeness (QED) is 0.778. The van der Waals surface area contributed by atoms with E-state index in [4.69, 9.17) is 14.9 Å². The molecule has 0 radical (unpaired) electrons. The van der Waals surface area contributed by atoms with Crippen LogP contribution in [0.3, 0.4) is 0 Å². The zero-order valence-corrected chi connectivity index (χ0v) is 10.5. The van der Waals surface area contributed by atoms with Gasteiger partial charge in [0.05, 0.1) is 11.9 Å². The van der Waals surface area contributed by atoms with Gasteiger partial charge in [-0.3, -0.25) is 0 Å². The number of ether oxygens (including phenoxy) is 1. The van der Waals surface area contributed by atoms with Crippen molar-refractivity contribution in [2.45, 2.75) is 13.5 Å². The van der Waals surface area contributed by atoms with E-state index < -0.39 is 0 Å². The van der Waals surface area contributed by atoms with Gasteiger partial charge in [0.1, 0.15) is 11.3 Å². The topological polar surface area (TPSA) is 74.2 Å². The van der Waals surface area contributed by atoms with Crippen LogP contribution in [0.15, 0.2) is 40.9 Å². The Balaban J connectivity index is 1.76. The molecule has 0 aliphatic carbocycles. The van der Waals surface area contributed by atoms with Crippen molar-refractivity contribution >= 4 is 16.9 Å². The molecule has 0 fully saturated rings. The monoisotopic (exact) mass is 255 g/mol. The van der Waals surface area contributed by atoms with Crippen molar-refractivity contribution in [3.05, 3.63) is 48.0 Å². The Bertz CT molecular complexity index is 704. The molecule has 3 aromatic rings. The first-order valence-corrected chi connectivity index (χ1v) is 5.91. The van der Waals surface area contributed by atoms with Crippen LogP contribution in [0, 0.1) is 6.92 Å². The molecule has 0 spiro atoms. The summed E-state index contributed by atoms with van der Waals surface area (Å²) in [6.45, 7) is 2.29. The Morgan fingerprint density at radius 3 is 2.84 bits per heavy atom. The number of nitrogen functional groups attached to an aromatic ring is 1. The van der Waals surface area contributed by atoms with E-state index in [1.165, 1.54) is 11.8 Å². The fraction of sp³-hybridized carbons (Fsp3) is 0.143. The van der Waals surface area contributed by atoms with Gasteiger partial charge < -0.3 is 14.9 Å². The van der Waals surface area contributed by atoms with Crippen LogP contribution in [-0.4, -0.2) is 9.97 Å². The highest BCUT2D eigenvalue weighted by Crippen LogP contribution is 2.18. The van der Waals surface area contributed by atoms with Gasteiger partial charge in [-0.2, -0.15) is 0 Å². The van der Waals surface area contributed by atoms with Crippen molar-refractivity contribution in [3.63, 3.8) is 0 Å². The van der Waals surface area contributed by atoms with Gasteiger partial charge >= 0.3 is 0 Å². The van der Waals surface area contributed by atoms with Gasteiger partial charge in [0.2, 0.25) is 11.6 Å². The smallest absolute Gasteiger partial charge is 0.247 e. The van der Waals surface area contributed by atoms with Crippen LogP contribution in [0.5, 0.6) is 5.75 Å². The molecule has 19 heavy (non-hydrogen) atoms. The Labute approximate surface area is 110 Å².